The largest absolute Gasteiger partial charge is 0.381 e. The van der Waals surface area contributed by atoms with Gasteiger partial charge >= 0.3 is 0 Å². The molecule has 2 heteroatoms. The van der Waals surface area contributed by atoms with Crippen molar-refractivity contribution in [3.8, 4) is 0 Å². The number of aryl methyl sites for hydroxylation is 1. The first-order chi connectivity index (χ1) is 8.63. The van der Waals surface area contributed by atoms with Crippen molar-refractivity contribution in [2.24, 2.45) is 5.92 Å². The Morgan fingerprint density at radius 3 is 2.39 bits per heavy atom. The highest BCUT2D eigenvalue weighted by Crippen LogP contribution is 2.19. The molecular weight excluding hydrogens is 222 g/mol. The molecular formula is C16H27NO. The lowest BCUT2D eigenvalue weighted by Gasteiger charge is -2.17. The lowest BCUT2D eigenvalue weighted by atomic mass is 9.95. The minimum atomic E-state index is 0.544. The third-order valence-electron chi connectivity index (χ3n) is 3.06. The fourth-order valence-electron chi connectivity index (χ4n) is 2.02. The highest BCUT2D eigenvalue weighted by Gasteiger charge is 2.10. The zero-order valence-electron chi connectivity index (χ0n) is 12.2. The van der Waals surface area contributed by atoms with Gasteiger partial charge in [0.05, 0.1) is 0 Å². The molecule has 0 aromatic heterocycles. The van der Waals surface area contributed by atoms with E-state index in [0.29, 0.717) is 11.8 Å². The van der Waals surface area contributed by atoms with Crippen LogP contribution >= 0.6 is 0 Å². The molecule has 1 atom stereocenters. The molecule has 0 aliphatic carbocycles. The zero-order chi connectivity index (χ0) is 13.4. The van der Waals surface area contributed by atoms with Gasteiger partial charge in [-0.25, -0.2) is 0 Å². The van der Waals surface area contributed by atoms with Crippen LogP contribution in [0.5, 0.6) is 0 Å². The van der Waals surface area contributed by atoms with Gasteiger partial charge in [0.15, 0.2) is 0 Å². The Bertz CT molecular complexity index is 318. The fourth-order valence-corrected chi connectivity index (χ4v) is 2.02. The molecule has 2 nitrogen and oxygen atoms in total. The maximum atomic E-state index is 5.69. The summed E-state index contributed by atoms with van der Waals surface area (Å²) < 4.78 is 5.69. The molecule has 0 aliphatic rings. The van der Waals surface area contributed by atoms with Gasteiger partial charge in [-0.1, -0.05) is 43.7 Å². The van der Waals surface area contributed by atoms with E-state index in [2.05, 4.69) is 50.4 Å². The SMILES string of the molecule is CNCC(CCOCC(C)C)c1ccc(C)cc1. The minimum Gasteiger partial charge on any atom is -0.381 e. The Labute approximate surface area is 112 Å². The zero-order valence-corrected chi connectivity index (χ0v) is 12.2. The highest BCUT2D eigenvalue weighted by molar-refractivity contribution is 5.24. The maximum absolute atomic E-state index is 5.69. The van der Waals surface area contributed by atoms with E-state index in [1.807, 2.05) is 7.05 Å². The minimum absolute atomic E-state index is 0.544. The second-order valence-electron chi connectivity index (χ2n) is 5.42. The molecule has 1 aromatic carbocycles. The molecule has 1 N–H and O–H groups in total. The second-order valence-corrected chi connectivity index (χ2v) is 5.42. The molecule has 18 heavy (non-hydrogen) atoms. The number of hydrogen-bond acceptors (Lipinski definition) is 2. The average molecular weight is 249 g/mol. The first-order valence-electron chi connectivity index (χ1n) is 6.92. The van der Waals surface area contributed by atoms with Crippen LogP contribution in [0.3, 0.4) is 0 Å². The lowest BCUT2D eigenvalue weighted by Crippen LogP contribution is -2.19. The van der Waals surface area contributed by atoms with Gasteiger partial charge in [0, 0.05) is 19.8 Å². The van der Waals surface area contributed by atoms with Gasteiger partial charge in [-0.3, -0.25) is 0 Å². The molecule has 0 radical (unpaired) electrons. The van der Waals surface area contributed by atoms with Crippen LogP contribution in [0.4, 0.5) is 0 Å². The Morgan fingerprint density at radius 2 is 1.83 bits per heavy atom. The summed E-state index contributed by atoms with van der Waals surface area (Å²) in [5.74, 6) is 1.16. The first kappa shape index (κ1) is 15.2. The molecule has 0 saturated heterocycles. The van der Waals surface area contributed by atoms with E-state index in [1.54, 1.807) is 0 Å². The average Bonchev–Trinajstić information content (AvgIpc) is 2.34. The highest BCUT2D eigenvalue weighted by atomic mass is 16.5. The third-order valence-corrected chi connectivity index (χ3v) is 3.06. The van der Waals surface area contributed by atoms with E-state index in [1.165, 1.54) is 11.1 Å². The third kappa shape index (κ3) is 5.65. The molecule has 1 unspecified atom stereocenters. The molecule has 0 heterocycles. The second kappa shape index (κ2) is 8.28. The predicted octanol–water partition coefficient (Wildman–Crippen LogP) is 3.36. The number of benzene rings is 1. The van der Waals surface area contributed by atoms with Gasteiger partial charge in [-0.05, 0) is 37.8 Å². The molecule has 1 aromatic rings. The van der Waals surface area contributed by atoms with Crippen LogP contribution in [-0.2, 0) is 4.74 Å². The van der Waals surface area contributed by atoms with Crippen LogP contribution in [0.15, 0.2) is 24.3 Å². The summed E-state index contributed by atoms with van der Waals surface area (Å²) in [6.45, 7) is 9.21. The molecule has 0 amide bonds. The summed E-state index contributed by atoms with van der Waals surface area (Å²) in [7, 11) is 2.01. The molecule has 102 valence electrons. The van der Waals surface area contributed by atoms with Crippen molar-refractivity contribution >= 4 is 0 Å². The van der Waals surface area contributed by atoms with E-state index in [0.717, 1.165) is 26.2 Å². The number of nitrogens with one attached hydrogen (secondary N) is 1. The summed E-state index contributed by atoms with van der Waals surface area (Å²) in [5, 5.41) is 3.28. The van der Waals surface area contributed by atoms with E-state index < -0.39 is 0 Å². The van der Waals surface area contributed by atoms with Crippen molar-refractivity contribution in [2.45, 2.75) is 33.1 Å². The smallest absolute Gasteiger partial charge is 0.0488 e. The summed E-state index contributed by atoms with van der Waals surface area (Å²) in [5.41, 5.74) is 2.72. The lowest BCUT2D eigenvalue weighted by molar-refractivity contribution is 0.104. The Balaban J connectivity index is 2.46. The summed E-state index contributed by atoms with van der Waals surface area (Å²) >= 11 is 0. The van der Waals surface area contributed by atoms with Crippen LogP contribution in [0.2, 0.25) is 0 Å². The summed E-state index contributed by atoms with van der Waals surface area (Å²) in [6, 6.07) is 8.85. The molecule has 0 bridgehead atoms. The molecule has 0 aliphatic heterocycles. The number of likely N-dealkylation sites (N-methyl/N-ethyl adjacent to an activating group) is 1. The standard InChI is InChI=1S/C16H27NO/c1-13(2)12-18-10-9-16(11-17-4)15-7-5-14(3)6-8-15/h5-8,13,16-17H,9-12H2,1-4H3. The molecule has 1 rings (SSSR count). The summed E-state index contributed by atoms with van der Waals surface area (Å²) in [6.07, 6.45) is 1.08. The van der Waals surface area contributed by atoms with Crippen LogP contribution in [-0.4, -0.2) is 26.8 Å². The van der Waals surface area contributed by atoms with Crippen LogP contribution < -0.4 is 5.32 Å². The van der Waals surface area contributed by atoms with Crippen molar-refractivity contribution < 1.29 is 4.74 Å². The van der Waals surface area contributed by atoms with Gasteiger partial charge in [0.2, 0.25) is 0 Å². The van der Waals surface area contributed by atoms with Crippen LogP contribution in [0.25, 0.3) is 0 Å². The van der Waals surface area contributed by atoms with Gasteiger partial charge in [0.25, 0.3) is 0 Å². The van der Waals surface area contributed by atoms with E-state index in [-0.39, 0.29) is 0 Å². The normalized spacial score (nSPS) is 12.9. The molecule has 0 fully saturated rings. The van der Waals surface area contributed by atoms with Crippen molar-refractivity contribution in [1.29, 1.82) is 0 Å². The quantitative estimate of drug-likeness (QED) is 0.713. The van der Waals surface area contributed by atoms with E-state index in [4.69, 9.17) is 4.74 Å². The number of rotatable bonds is 8. The molecule has 0 spiro atoms. The van der Waals surface area contributed by atoms with Crippen LogP contribution in [0.1, 0.15) is 37.3 Å². The Kier molecular flexibility index (Phi) is 6.99. The van der Waals surface area contributed by atoms with E-state index >= 15 is 0 Å². The number of hydrogen-bond donors (Lipinski definition) is 1. The predicted molar refractivity (Wildman–Crippen MR) is 78.1 cm³/mol. The van der Waals surface area contributed by atoms with Crippen molar-refractivity contribution in [1.82, 2.24) is 5.32 Å². The van der Waals surface area contributed by atoms with Gasteiger partial charge in [-0.15, -0.1) is 0 Å². The number of ether oxygens (including phenoxy) is 1. The van der Waals surface area contributed by atoms with Gasteiger partial charge in [0.1, 0.15) is 0 Å². The van der Waals surface area contributed by atoms with Crippen molar-refractivity contribution in [2.75, 3.05) is 26.8 Å². The van der Waals surface area contributed by atoms with Crippen LogP contribution in [0, 0.1) is 12.8 Å². The fraction of sp³-hybridized carbons (Fsp3) is 0.625. The van der Waals surface area contributed by atoms with Gasteiger partial charge < -0.3 is 10.1 Å². The summed E-state index contributed by atoms with van der Waals surface area (Å²) in [4.78, 5) is 0. The van der Waals surface area contributed by atoms with Crippen molar-refractivity contribution in [3.05, 3.63) is 35.4 Å². The molecule has 0 saturated carbocycles. The monoisotopic (exact) mass is 249 g/mol. The topological polar surface area (TPSA) is 21.3 Å². The van der Waals surface area contributed by atoms with Gasteiger partial charge in [-0.2, -0.15) is 0 Å². The van der Waals surface area contributed by atoms with E-state index in [9.17, 15) is 0 Å². The Hall–Kier alpha value is -0.860. The first-order valence-corrected chi connectivity index (χ1v) is 6.92. The Morgan fingerprint density at radius 1 is 1.17 bits per heavy atom. The van der Waals surface area contributed by atoms with Crippen molar-refractivity contribution in [3.63, 3.8) is 0 Å². The maximum Gasteiger partial charge on any atom is 0.0488 e.